The van der Waals surface area contributed by atoms with Gasteiger partial charge < -0.3 is 5.32 Å². The molecule has 14 heavy (non-hydrogen) atoms. The molecule has 0 unspecified atom stereocenters. The molecule has 0 saturated heterocycles. The van der Waals surface area contributed by atoms with Crippen molar-refractivity contribution in [3.63, 3.8) is 0 Å². The molecule has 72 valence electrons. The first kappa shape index (κ1) is 14.4. The van der Waals surface area contributed by atoms with Crippen LogP contribution in [0.4, 0.5) is 5.69 Å². The van der Waals surface area contributed by atoms with Gasteiger partial charge in [0.05, 0.1) is 0 Å². The fourth-order valence-electron chi connectivity index (χ4n) is 0.742. The van der Waals surface area contributed by atoms with Gasteiger partial charge in [0.2, 0.25) is 0 Å². The predicted molar refractivity (Wildman–Crippen MR) is 54.2 cm³/mol. The number of nitrogens with one attached hydrogen (secondary N) is 1. The zero-order valence-corrected chi connectivity index (χ0v) is 12.0. The van der Waals surface area contributed by atoms with E-state index in [-0.39, 0.29) is 29.6 Å². The zero-order chi connectivity index (χ0) is 9.90. The van der Waals surface area contributed by atoms with Gasteiger partial charge in [-0.15, -0.1) is 0 Å². The second kappa shape index (κ2) is 6.09. The van der Waals surface area contributed by atoms with E-state index in [1.165, 1.54) is 0 Å². The summed E-state index contributed by atoms with van der Waals surface area (Å²) in [5, 5.41) is 2.55. The Morgan fingerprint density at radius 2 is 1.79 bits per heavy atom. The van der Waals surface area contributed by atoms with E-state index >= 15 is 0 Å². The third-order valence-corrected chi connectivity index (χ3v) is 2.34. The topological polar surface area (TPSA) is 66.4 Å². The molecule has 4 nitrogen and oxygen atoms in total. The molecule has 0 bridgehead atoms. The van der Waals surface area contributed by atoms with Gasteiger partial charge >= 0.3 is 29.6 Å². The molecule has 0 atom stereocenters. The van der Waals surface area contributed by atoms with Crippen LogP contribution in [0, 0.1) is 0 Å². The first-order valence-corrected chi connectivity index (χ1v) is 5.82. The van der Waals surface area contributed by atoms with Crippen LogP contribution in [0.25, 0.3) is 0 Å². The Labute approximate surface area is 113 Å². The molecule has 0 fully saturated rings. The summed E-state index contributed by atoms with van der Waals surface area (Å²) in [5.74, 6) is -0.478. The van der Waals surface area contributed by atoms with Crippen LogP contribution < -0.4 is 34.9 Å². The summed E-state index contributed by atoms with van der Waals surface area (Å²) < 4.78 is 30.1. The molecule has 0 spiro atoms. The molecule has 1 aromatic rings. The van der Waals surface area contributed by atoms with E-state index in [9.17, 15) is 8.42 Å². The third kappa shape index (κ3) is 6.00. The Kier molecular flexibility index (Phi) is 6.27. The minimum atomic E-state index is -3.96. The number of anilines is 1. The summed E-state index contributed by atoms with van der Waals surface area (Å²) >= 11 is 3.24. The molecule has 0 aliphatic heterocycles. The molecule has 1 rings (SSSR count). The van der Waals surface area contributed by atoms with E-state index in [0.29, 0.717) is 5.69 Å². The average Bonchev–Trinajstić information content (AvgIpc) is 2.02. The van der Waals surface area contributed by atoms with E-state index in [1.807, 2.05) is 0 Å². The standard InChI is InChI=1S/C7H8BrNO3S.Na/c8-6-1-3-7(4-2-6)9-5-13(10,11)12;/h1-4,9H,5H2,(H,10,11,12);/q;+1. The molecule has 0 aliphatic rings. The molecule has 0 heterocycles. The van der Waals surface area contributed by atoms with Crippen LogP contribution >= 0.6 is 15.9 Å². The van der Waals surface area contributed by atoms with Crippen LogP contribution in [0.1, 0.15) is 0 Å². The molecule has 0 aliphatic carbocycles. The van der Waals surface area contributed by atoms with E-state index in [1.54, 1.807) is 24.3 Å². The predicted octanol–water partition coefficient (Wildman–Crippen LogP) is -1.29. The van der Waals surface area contributed by atoms with Gasteiger partial charge in [0.25, 0.3) is 10.1 Å². The van der Waals surface area contributed by atoms with Crippen molar-refractivity contribution in [1.29, 1.82) is 0 Å². The molecule has 1 aromatic carbocycles. The normalized spacial score (nSPS) is 10.4. The second-order valence-corrected chi connectivity index (χ2v) is 4.78. The Bertz CT molecular complexity index is 378. The molecule has 7 heteroatoms. The molecule has 0 amide bonds. The van der Waals surface area contributed by atoms with Crippen molar-refractivity contribution in [3.05, 3.63) is 28.7 Å². The number of halogens is 1. The number of hydrogen-bond donors (Lipinski definition) is 2. The summed E-state index contributed by atoms with van der Waals surface area (Å²) in [7, 11) is -3.96. The van der Waals surface area contributed by atoms with Gasteiger partial charge in [-0.3, -0.25) is 4.55 Å². The zero-order valence-electron chi connectivity index (χ0n) is 7.57. The van der Waals surface area contributed by atoms with Crippen LogP contribution in [-0.4, -0.2) is 18.8 Å². The SMILES string of the molecule is O=S(=O)(O)CNc1ccc(Br)cc1.[Na+]. The molecule has 2 N–H and O–H groups in total. The molecular weight excluding hydrogens is 281 g/mol. The number of rotatable bonds is 3. The Morgan fingerprint density at radius 1 is 1.29 bits per heavy atom. The maximum atomic E-state index is 10.4. The van der Waals surface area contributed by atoms with Crippen LogP contribution in [0.15, 0.2) is 28.7 Å². The fraction of sp³-hybridized carbons (Fsp3) is 0.143. The van der Waals surface area contributed by atoms with Crippen molar-refractivity contribution in [2.45, 2.75) is 0 Å². The van der Waals surface area contributed by atoms with Gasteiger partial charge in [0.15, 0.2) is 0 Å². The smallest absolute Gasteiger partial charge is 0.370 e. The fourth-order valence-corrected chi connectivity index (χ4v) is 1.36. The quantitative estimate of drug-likeness (QED) is 0.537. The van der Waals surface area contributed by atoms with Crippen molar-refractivity contribution in [1.82, 2.24) is 0 Å². The maximum Gasteiger partial charge on any atom is 1.00 e. The van der Waals surface area contributed by atoms with Crippen LogP contribution in [0.2, 0.25) is 0 Å². The summed E-state index contributed by atoms with van der Waals surface area (Å²) in [4.78, 5) is 0. The van der Waals surface area contributed by atoms with Crippen LogP contribution in [0.3, 0.4) is 0 Å². The average molecular weight is 289 g/mol. The number of hydrogen-bond acceptors (Lipinski definition) is 3. The monoisotopic (exact) mass is 288 g/mol. The third-order valence-electron chi connectivity index (χ3n) is 1.30. The summed E-state index contributed by atoms with van der Waals surface area (Å²) in [6.07, 6.45) is 0. The van der Waals surface area contributed by atoms with Gasteiger partial charge in [-0.25, -0.2) is 0 Å². The van der Waals surface area contributed by atoms with Crippen LogP contribution in [0.5, 0.6) is 0 Å². The van der Waals surface area contributed by atoms with E-state index < -0.39 is 16.0 Å². The second-order valence-electron chi connectivity index (χ2n) is 2.41. The van der Waals surface area contributed by atoms with E-state index in [0.717, 1.165) is 4.47 Å². The van der Waals surface area contributed by atoms with Gasteiger partial charge in [0, 0.05) is 10.2 Å². The first-order chi connectivity index (χ1) is 5.97. The molecular formula is C7H8BrNNaO3S+. The van der Waals surface area contributed by atoms with E-state index in [2.05, 4.69) is 21.2 Å². The van der Waals surface area contributed by atoms with Crippen LogP contribution in [-0.2, 0) is 10.1 Å². The minimum absolute atomic E-state index is 0. The minimum Gasteiger partial charge on any atom is -0.370 e. The summed E-state index contributed by atoms with van der Waals surface area (Å²) in [6, 6.07) is 6.95. The Morgan fingerprint density at radius 3 is 2.21 bits per heavy atom. The number of benzene rings is 1. The van der Waals surface area contributed by atoms with Gasteiger partial charge in [-0.1, -0.05) is 15.9 Å². The van der Waals surface area contributed by atoms with Gasteiger partial charge in [-0.05, 0) is 24.3 Å². The van der Waals surface area contributed by atoms with Crippen molar-refractivity contribution >= 4 is 31.7 Å². The Balaban J connectivity index is 0.00000169. The van der Waals surface area contributed by atoms with Crippen molar-refractivity contribution in [2.75, 3.05) is 11.2 Å². The largest absolute Gasteiger partial charge is 1.00 e. The van der Waals surface area contributed by atoms with Crippen molar-refractivity contribution in [2.24, 2.45) is 0 Å². The van der Waals surface area contributed by atoms with Crippen molar-refractivity contribution in [3.8, 4) is 0 Å². The van der Waals surface area contributed by atoms with Crippen molar-refractivity contribution < 1.29 is 42.5 Å². The molecule has 0 aromatic heterocycles. The van der Waals surface area contributed by atoms with E-state index in [4.69, 9.17) is 4.55 Å². The summed E-state index contributed by atoms with van der Waals surface area (Å²) in [5.41, 5.74) is 0.640. The molecule has 0 radical (unpaired) electrons. The van der Waals surface area contributed by atoms with Gasteiger partial charge in [0.1, 0.15) is 5.88 Å². The van der Waals surface area contributed by atoms with Gasteiger partial charge in [-0.2, -0.15) is 8.42 Å². The summed E-state index contributed by atoms with van der Waals surface area (Å²) in [6.45, 7) is 0. The Hall–Kier alpha value is 0.410. The maximum absolute atomic E-state index is 10.4. The molecule has 0 saturated carbocycles. The first-order valence-electron chi connectivity index (χ1n) is 3.42.